The number of nitro benzene ring substituents is 1. The van der Waals surface area contributed by atoms with E-state index in [4.69, 9.17) is 21.1 Å². The Balaban J connectivity index is 1.47. The summed E-state index contributed by atoms with van der Waals surface area (Å²) in [5.74, 6) is -1.21. The van der Waals surface area contributed by atoms with Gasteiger partial charge >= 0.3 is 0 Å². The van der Waals surface area contributed by atoms with Crippen molar-refractivity contribution in [1.82, 2.24) is 4.90 Å². The van der Waals surface area contributed by atoms with Crippen LogP contribution >= 0.6 is 23.4 Å². The minimum absolute atomic E-state index is 0.0425. The molecule has 0 aromatic heterocycles. The molecule has 40 heavy (non-hydrogen) atoms. The smallest absolute Gasteiger partial charge is 0.294 e. The van der Waals surface area contributed by atoms with Crippen molar-refractivity contribution < 1.29 is 33.2 Å². The van der Waals surface area contributed by atoms with Gasteiger partial charge in [-0.1, -0.05) is 11.6 Å². The Bertz CT molecular complexity index is 1500. The molecule has 0 radical (unpaired) electrons. The lowest BCUT2D eigenvalue weighted by Crippen LogP contribution is -2.36. The molecule has 1 aliphatic heterocycles. The molecule has 1 N–H and O–H groups in total. The Hall–Kier alpha value is -4.42. The number of carbonyl (C=O) groups excluding carboxylic acids is 3. The Morgan fingerprint density at radius 1 is 1.12 bits per heavy atom. The molecule has 0 unspecified atom stereocenters. The average Bonchev–Trinajstić information content (AvgIpc) is 3.17. The second-order valence-electron chi connectivity index (χ2n) is 8.30. The lowest BCUT2D eigenvalue weighted by molar-refractivity contribution is -0.384. The molecular formula is C27H21ClFN3O7S. The van der Waals surface area contributed by atoms with Crippen molar-refractivity contribution in [2.24, 2.45) is 0 Å². The number of nitrogens with one attached hydrogen (secondary N) is 1. The van der Waals surface area contributed by atoms with Crippen LogP contribution in [-0.2, 0) is 16.2 Å². The van der Waals surface area contributed by atoms with Crippen LogP contribution < -0.4 is 14.8 Å². The number of hydrogen-bond acceptors (Lipinski definition) is 8. The summed E-state index contributed by atoms with van der Waals surface area (Å²) in [6, 6.07) is 14.1. The van der Waals surface area contributed by atoms with E-state index in [0.717, 1.165) is 4.90 Å². The van der Waals surface area contributed by atoms with Crippen molar-refractivity contribution in [2.45, 2.75) is 13.5 Å². The predicted octanol–water partition coefficient (Wildman–Crippen LogP) is 6.04. The van der Waals surface area contributed by atoms with Crippen molar-refractivity contribution in [2.75, 3.05) is 18.5 Å². The van der Waals surface area contributed by atoms with Crippen molar-refractivity contribution in [3.63, 3.8) is 0 Å². The molecule has 0 bridgehead atoms. The van der Waals surface area contributed by atoms with Gasteiger partial charge in [0.15, 0.2) is 11.5 Å². The van der Waals surface area contributed by atoms with Crippen molar-refractivity contribution in [3.05, 3.63) is 97.6 Å². The Labute approximate surface area is 236 Å². The number of carbonyl (C=O) groups is 3. The second-order valence-corrected chi connectivity index (χ2v) is 9.70. The average molecular weight is 586 g/mol. The fourth-order valence-corrected chi connectivity index (χ4v) is 4.72. The summed E-state index contributed by atoms with van der Waals surface area (Å²) in [6.07, 6.45) is 1.46. The third-order valence-electron chi connectivity index (χ3n) is 5.46. The number of hydrogen-bond donors (Lipinski definition) is 1. The number of thioether (sulfide) groups is 1. The summed E-state index contributed by atoms with van der Waals surface area (Å²) in [6.45, 7) is 1.60. The third-order valence-corrected chi connectivity index (χ3v) is 6.65. The molecule has 206 valence electrons. The lowest BCUT2D eigenvalue weighted by Gasteiger charge is -2.15. The van der Waals surface area contributed by atoms with E-state index in [9.17, 15) is 28.9 Å². The Morgan fingerprint density at radius 3 is 2.48 bits per heavy atom. The number of non-ortho nitro benzene ring substituents is 1. The van der Waals surface area contributed by atoms with Gasteiger partial charge in [-0.25, -0.2) is 4.39 Å². The Kier molecular flexibility index (Phi) is 9.02. The van der Waals surface area contributed by atoms with E-state index in [1.54, 1.807) is 25.1 Å². The first-order valence-corrected chi connectivity index (χ1v) is 13.0. The maximum absolute atomic E-state index is 13.1. The minimum atomic E-state index is -0.656. The number of rotatable bonds is 10. The fraction of sp³-hybridized carbons (Fsp3) is 0.148. The van der Waals surface area contributed by atoms with E-state index in [2.05, 4.69) is 5.32 Å². The molecule has 0 spiro atoms. The van der Waals surface area contributed by atoms with Crippen molar-refractivity contribution in [3.8, 4) is 11.5 Å². The van der Waals surface area contributed by atoms with Crippen LogP contribution in [0.5, 0.6) is 11.5 Å². The normalized spacial score (nSPS) is 14.0. The van der Waals surface area contributed by atoms with Crippen molar-refractivity contribution in [1.29, 1.82) is 0 Å². The first kappa shape index (κ1) is 28.6. The second kappa shape index (κ2) is 12.6. The van der Waals surface area contributed by atoms with Crippen LogP contribution in [0, 0.1) is 15.9 Å². The van der Waals surface area contributed by atoms with Gasteiger partial charge in [-0.15, -0.1) is 0 Å². The SMILES string of the molecule is CCOc1cc(/C=C2\SC(=O)N(CC(=O)Nc3ccc(F)cc3)C2=O)cc(Cl)c1OCc1ccc([N+](=O)[O-])cc1. The summed E-state index contributed by atoms with van der Waals surface area (Å²) in [4.78, 5) is 49.0. The molecular weight excluding hydrogens is 565 g/mol. The zero-order valence-electron chi connectivity index (χ0n) is 20.9. The Morgan fingerprint density at radius 2 is 1.82 bits per heavy atom. The molecule has 13 heteroatoms. The molecule has 3 aromatic carbocycles. The molecule has 0 aliphatic carbocycles. The van der Waals surface area contributed by atoms with Gasteiger partial charge in [0, 0.05) is 17.8 Å². The molecule has 3 aromatic rings. The molecule has 4 rings (SSSR count). The van der Waals surface area contributed by atoms with Crippen LogP contribution in [-0.4, -0.2) is 40.0 Å². The molecule has 1 heterocycles. The van der Waals surface area contributed by atoms with Crippen LogP contribution in [0.3, 0.4) is 0 Å². The highest BCUT2D eigenvalue weighted by Crippen LogP contribution is 2.39. The number of ether oxygens (including phenoxy) is 2. The van der Waals surface area contributed by atoms with Gasteiger partial charge in [0.2, 0.25) is 5.91 Å². The predicted molar refractivity (Wildman–Crippen MR) is 148 cm³/mol. The van der Waals surface area contributed by atoms with E-state index >= 15 is 0 Å². The summed E-state index contributed by atoms with van der Waals surface area (Å²) < 4.78 is 24.6. The molecule has 0 saturated carbocycles. The van der Waals surface area contributed by atoms with Gasteiger partial charge in [0.25, 0.3) is 16.8 Å². The highest BCUT2D eigenvalue weighted by atomic mass is 35.5. The monoisotopic (exact) mass is 585 g/mol. The first-order chi connectivity index (χ1) is 19.1. The summed E-state index contributed by atoms with van der Waals surface area (Å²) in [5, 5.41) is 12.9. The van der Waals surface area contributed by atoms with E-state index in [0.29, 0.717) is 34.3 Å². The standard InChI is InChI=1S/C27H21ClFN3O7S/c1-2-38-22-12-17(11-21(28)25(22)39-15-16-3-9-20(10-4-16)32(36)37)13-23-26(34)31(27(35)40-23)14-24(33)30-19-7-5-18(29)6-8-19/h3-13H,2,14-15H2,1H3,(H,30,33)/b23-13-. The molecule has 1 fully saturated rings. The number of anilines is 1. The maximum atomic E-state index is 13.1. The zero-order chi connectivity index (χ0) is 28.8. The fourth-order valence-electron chi connectivity index (χ4n) is 3.61. The summed E-state index contributed by atoms with van der Waals surface area (Å²) >= 11 is 7.14. The van der Waals surface area contributed by atoms with E-state index in [1.165, 1.54) is 48.5 Å². The number of halogens is 2. The van der Waals surface area contributed by atoms with E-state index in [1.807, 2.05) is 0 Å². The van der Waals surface area contributed by atoms with Crippen LogP contribution in [0.1, 0.15) is 18.1 Å². The molecule has 1 aliphatic rings. The van der Waals surface area contributed by atoms with Gasteiger partial charge < -0.3 is 14.8 Å². The summed E-state index contributed by atoms with van der Waals surface area (Å²) in [5.41, 5.74) is 1.41. The van der Waals surface area contributed by atoms with Gasteiger partial charge in [-0.2, -0.15) is 0 Å². The van der Waals surface area contributed by atoms with Crippen LogP contribution in [0.4, 0.5) is 20.6 Å². The quantitative estimate of drug-likeness (QED) is 0.173. The number of amides is 3. The van der Waals surface area contributed by atoms with Gasteiger partial charge in [-0.3, -0.25) is 29.4 Å². The highest BCUT2D eigenvalue weighted by molar-refractivity contribution is 8.18. The number of nitro groups is 1. The van der Waals surface area contributed by atoms with Gasteiger partial charge in [0.1, 0.15) is 19.0 Å². The number of benzene rings is 3. The third kappa shape index (κ3) is 6.96. The van der Waals surface area contributed by atoms with Gasteiger partial charge in [-0.05, 0) is 84.4 Å². The molecule has 3 amide bonds. The van der Waals surface area contributed by atoms with E-state index < -0.39 is 34.3 Å². The van der Waals surface area contributed by atoms with Crippen LogP contribution in [0.15, 0.2) is 65.6 Å². The molecule has 1 saturated heterocycles. The summed E-state index contributed by atoms with van der Waals surface area (Å²) in [7, 11) is 0. The molecule has 10 nitrogen and oxygen atoms in total. The number of nitrogens with zero attached hydrogens (tertiary/aromatic N) is 2. The number of imide groups is 1. The molecule has 0 atom stereocenters. The van der Waals surface area contributed by atoms with Crippen LogP contribution in [0.2, 0.25) is 5.02 Å². The van der Waals surface area contributed by atoms with Crippen LogP contribution in [0.25, 0.3) is 6.08 Å². The zero-order valence-corrected chi connectivity index (χ0v) is 22.5. The maximum Gasteiger partial charge on any atom is 0.294 e. The minimum Gasteiger partial charge on any atom is -0.490 e. The van der Waals surface area contributed by atoms with E-state index in [-0.39, 0.29) is 34.6 Å². The topological polar surface area (TPSA) is 128 Å². The largest absolute Gasteiger partial charge is 0.490 e. The highest BCUT2D eigenvalue weighted by Gasteiger charge is 2.36. The van der Waals surface area contributed by atoms with Crippen molar-refractivity contribution >= 4 is 57.9 Å². The lowest BCUT2D eigenvalue weighted by atomic mass is 10.1. The first-order valence-electron chi connectivity index (χ1n) is 11.8. The van der Waals surface area contributed by atoms with Gasteiger partial charge in [0.05, 0.1) is 21.5 Å².